The summed E-state index contributed by atoms with van der Waals surface area (Å²) in [5.74, 6) is 0. The molecule has 0 atom stereocenters. The summed E-state index contributed by atoms with van der Waals surface area (Å²) in [6.45, 7) is 5.61. The summed E-state index contributed by atoms with van der Waals surface area (Å²) in [6.07, 6.45) is 5.79. The third kappa shape index (κ3) is 5.91. The van der Waals surface area contributed by atoms with Crippen molar-refractivity contribution in [3.63, 3.8) is 0 Å². The molecule has 2 nitrogen and oxygen atoms in total. The molecule has 250 valence electrons. The maximum atomic E-state index is 5.17. The Bertz CT molecular complexity index is 2880. The Labute approximate surface area is 309 Å². The van der Waals surface area contributed by atoms with Crippen LogP contribution in [0.1, 0.15) is 12.5 Å². The van der Waals surface area contributed by atoms with Crippen molar-refractivity contribution in [1.29, 1.82) is 0 Å². The first-order chi connectivity index (χ1) is 26.2. The molecule has 0 unspecified atom stereocenters. The van der Waals surface area contributed by atoms with Gasteiger partial charge in [-0.15, -0.1) is 0 Å². The maximum Gasteiger partial charge on any atom is 0.0716 e. The van der Waals surface area contributed by atoms with Crippen molar-refractivity contribution in [2.24, 2.45) is 4.99 Å². The maximum absolute atomic E-state index is 5.17. The molecule has 0 radical (unpaired) electrons. The quantitative estimate of drug-likeness (QED) is 0.0937. The second-order valence-corrected chi connectivity index (χ2v) is 13.4. The van der Waals surface area contributed by atoms with Gasteiger partial charge in [0.25, 0.3) is 0 Å². The minimum atomic E-state index is 0.948. The molecule has 0 amide bonds. The fourth-order valence-corrected chi connectivity index (χ4v) is 7.72. The van der Waals surface area contributed by atoms with Gasteiger partial charge in [0.2, 0.25) is 0 Å². The molecule has 8 aromatic carbocycles. The second-order valence-electron chi connectivity index (χ2n) is 13.4. The molecule has 1 aromatic heterocycles. The zero-order valence-corrected chi connectivity index (χ0v) is 29.5. The van der Waals surface area contributed by atoms with Gasteiger partial charge in [-0.05, 0) is 127 Å². The fourth-order valence-electron chi connectivity index (χ4n) is 7.72. The van der Waals surface area contributed by atoms with Crippen molar-refractivity contribution in [3.05, 3.63) is 194 Å². The van der Waals surface area contributed by atoms with E-state index in [9.17, 15) is 0 Å². The number of hydrogen-bond donors (Lipinski definition) is 0. The number of nitrogens with zero attached hydrogens (tertiary/aromatic N) is 2. The molecule has 9 aromatic rings. The van der Waals surface area contributed by atoms with Gasteiger partial charge in [-0.25, -0.2) is 4.98 Å². The van der Waals surface area contributed by atoms with E-state index in [2.05, 4.69) is 188 Å². The molecule has 0 N–H and O–H groups in total. The third-order valence-corrected chi connectivity index (χ3v) is 10.3. The number of aliphatic imine (C=N–C) groups is 1. The van der Waals surface area contributed by atoms with Gasteiger partial charge in [0.05, 0.1) is 11.2 Å². The monoisotopic (exact) mass is 676 g/mol. The Morgan fingerprint density at radius 1 is 0.472 bits per heavy atom. The van der Waals surface area contributed by atoms with Crippen LogP contribution in [0.25, 0.3) is 93.4 Å². The molecule has 9 rings (SSSR count). The fraction of sp³-hybridized carbons (Fsp3) is 0.0196. The lowest BCUT2D eigenvalue weighted by molar-refractivity contribution is 1.40. The molecular formula is C51H36N2. The van der Waals surface area contributed by atoms with Crippen molar-refractivity contribution >= 4 is 55.5 Å². The number of hydrogen-bond acceptors (Lipinski definition) is 2. The molecule has 0 aliphatic carbocycles. The largest absolute Gasteiger partial charge is 0.272 e. The highest BCUT2D eigenvalue weighted by Crippen LogP contribution is 2.39. The van der Waals surface area contributed by atoms with Gasteiger partial charge in [0.15, 0.2) is 0 Å². The molecule has 0 saturated carbocycles. The molecule has 0 spiro atoms. The lowest BCUT2D eigenvalue weighted by Gasteiger charge is -2.13. The van der Waals surface area contributed by atoms with E-state index in [1.165, 1.54) is 49.0 Å². The van der Waals surface area contributed by atoms with Crippen LogP contribution in [0.15, 0.2) is 193 Å². The minimum absolute atomic E-state index is 0.948. The third-order valence-electron chi connectivity index (χ3n) is 10.3. The van der Waals surface area contributed by atoms with E-state index in [4.69, 9.17) is 4.98 Å². The summed E-state index contributed by atoms with van der Waals surface area (Å²) in [6, 6.07) is 61.4. The summed E-state index contributed by atoms with van der Waals surface area (Å²) in [4.78, 5) is 9.04. The number of fused-ring (bicyclic) bond motifs is 7. The van der Waals surface area contributed by atoms with E-state index in [1.54, 1.807) is 6.20 Å². The average Bonchev–Trinajstić information content (AvgIpc) is 3.24. The van der Waals surface area contributed by atoms with Crippen LogP contribution in [0.5, 0.6) is 0 Å². The summed E-state index contributed by atoms with van der Waals surface area (Å²) >= 11 is 0. The van der Waals surface area contributed by atoms with E-state index >= 15 is 0 Å². The topological polar surface area (TPSA) is 25.2 Å². The van der Waals surface area contributed by atoms with Crippen LogP contribution in [0.4, 0.5) is 0 Å². The summed E-state index contributed by atoms with van der Waals surface area (Å²) in [5, 5.41) is 8.85. The Hall–Kier alpha value is -6.90. The highest BCUT2D eigenvalue weighted by Gasteiger charge is 2.13. The van der Waals surface area contributed by atoms with Crippen LogP contribution in [0.3, 0.4) is 0 Å². The van der Waals surface area contributed by atoms with Crippen LogP contribution < -0.4 is 0 Å². The molecule has 1 heterocycles. The molecular weight excluding hydrogens is 641 g/mol. The number of allylic oxidation sites excluding steroid dienone is 3. The van der Waals surface area contributed by atoms with Gasteiger partial charge in [0, 0.05) is 17.1 Å². The van der Waals surface area contributed by atoms with Gasteiger partial charge < -0.3 is 0 Å². The van der Waals surface area contributed by atoms with Gasteiger partial charge in [-0.3, -0.25) is 4.99 Å². The first-order valence-electron chi connectivity index (χ1n) is 18.0. The number of rotatable bonds is 7. The van der Waals surface area contributed by atoms with Gasteiger partial charge in [-0.2, -0.15) is 0 Å². The van der Waals surface area contributed by atoms with Crippen molar-refractivity contribution in [1.82, 2.24) is 4.98 Å². The molecule has 0 aliphatic rings. The van der Waals surface area contributed by atoms with Gasteiger partial charge >= 0.3 is 0 Å². The van der Waals surface area contributed by atoms with E-state index in [0.29, 0.717) is 0 Å². The number of pyridine rings is 1. The predicted molar refractivity (Wildman–Crippen MR) is 228 cm³/mol. The lowest BCUT2D eigenvalue weighted by Crippen LogP contribution is -1.91. The Kier molecular flexibility index (Phi) is 8.26. The van der Waals surface area contributed by atoms with Crippen molar-refractivity contribution in [2.45, 2.75) is 6.92 Å². The average molecular weight is 677 g/mol. The number of aromatic nitrogens is 1. The Balaban J connectivity index is 1.10. The minimum Gasteiger partial charge on any atom is -0.272 e. The van der Waals surface area contributed by atoms with Crippen LogP contribution >= 0.6 is 0 Å². The Morgan fingerprint density at radius 3 is 1.60 bits per heavy atom. The SMILES string of the molecule is C=N/C=C\C(=C/C)c1ccc(-c2cc(-c3cccc(-c4cccc(-c5ccc6c7ccccc7c7ccccc7c6c5)c4)c3)nc3ccccc23)cc1. The number of benzene rings is 8. The van der Waals surface area contributed by atoms with Crippen molar-refractivity contribution in [2.75, 3.05) is 0 Å². The van der Waals surface area contributed by atoms with Gasteiger partial charge in [0.1, 0.15) is 0 Å². The Morgan fingerprint density at radius 2 is 0.981 bits per heavy atom. The summed E-state index contributed by atoms with van der Waals surface area (Å²) in [5.41, 5.74) is 12.3. The standard InChI is InChI=1S/C51H36N2/c1-3-34(28-29-52-2)35-22-24-36(25-23-35)48-33-51(53-50-21-9-8-20-47(48)50)41-15-11-14-39(31-41)37-12-10-13-38(30-37)40-26-27-46-44-18-5-4-16-42(44)43-17-6-7-19-45(43)49(46)32-40/h3-33H,2H2,1H3/b29-28-,34-3+. The summed E-state index contributed by atoms with van der Waals surface area (Å²) in [7, 11) is 0. The van der Waals surface area contributed by atoms with E-state index < -0.39 is 0 Å². The second kappa shape index (κ2) is 13.7. The van der Waals surface area contributed by atoms with Gasteiger partial charge in [-0.1, -0.05) is 146 Å². The van der Waals surface area contributed by atoms with Crippen LogP contribution in [0.2, 0.25) is 0 Å². The molecule has 0 saturated heterocycles. The lowest BCUT2D eigenvalue weighted by atomic mass is 9.91. The molecule has 53 heavy (non-hydrogen) atoms. The summed E-state index contributed by atoms with van der Waals surface area (Å²) < 4.78 is 0. The first kappa shape index (κ1) is 32.0. The van der Waals surface area contributed by atoms with Crippen molar-refractivity contribution < 1.29 is 0 Å². The van der Waals surface area contributed by atoms with Crippen LogP contribution in [-0.4, -0.2) is 11.7 Å². The number of para-hydroxylation sites is 1. The molecule has 2 heteroatoms. The molecule has 0 fully saturated rings. The first-order valence-corrected chi connectivity index (χ1v) is 18.0. The smallest absolute Gasteiger partial charge is 0.0716 e. The zero-order valence-electron chi connectivity index (χ0n) is 29.5. The zero-order chi connectivity index (χ0) is 35.7. The highest BCUT2D eigenvalue weighted by molar-refractivity contribution is 6.25. The van der Waals surface area contributed by atoms with Crippen LogP contribution in [-0.2, 0) is 0 Å². The van der Waals surface area contributed by atoms with Crippen LogP contribution in [0, 0.1) is 0 Å². The van der Waals surface area contributed by atoms with E-state index in [1.807, 2.05) is 13.0 Å². The molecule has 0 bridgehead atoms. The van der Waals surface area contributed by atoms with E-state index in [0.717, 1.165) is 50.0 Å². The normalized spacial score (nSPS) is 12.0. The van der Waals surface area contributed by atoms with E-state index in [-0.39, 0.29) is 0 Å². The van der Waals surface area contributed by atoms with Crippen molar-refractivity contribution in [3.8, 4) is 44.6 Å². The predicted octanol–water partition coefficient (Wildman–Crippen LogP) is 14.0. The highest BCUT2D eigenvalue weighted by atomic mass is 14.7. The molecule has 0 aliphatic heterocycles.